The lowest BCUT2D eigenvalue weighted by atomic mass is 10.3. The van der Waals surface area contributed by atoms with E-state index >= 15 is 0 Å². The maximum Gasteiger partial charge on any atom is 0.353 e. The third kappa shape index (κ3) is 5.61. The topological polar surface area (TPSA) is 115 Å². The number of hydrogen-bond acceptors (Lipinski definition) is 8. The molecule has 0 aliphatic heterocycles. The summed E-state index contributed by atoms with van der Waals surface area (Å²) in [4.78, 5) is 23.3. The lowest BCUT2D eigenvalue weighted by Gasteiger charge is -2.10. The van der Waals surface area contributed by atoms with Crippen molar-refractivity contribution in [3.8, 4) is 5.75 Å². The summed E-state index contributed by atoms with van der Waals surface area (Å²) in [7, 11) is 0. The summed E-state index contributed by atoms with van der Waals surface area (Å²) < 4.78 is 6.42. The first-order valence-corrected chi connectivity index (χ1v) is 9.74. The van der Waals surface area contributed by atoms with Crippen molar-refractivity contribution in [1.29, 1.82) is 0 Å². The third-order valence-electron chi connectivity index (χ3n) is 3.86. The van der Waals surface area contributed by atoms with Crippen LogP contribution in [0.25, 0.3) is 0 Å². The van der Waals surface area contributed by atoms with Gasteiger partial charge in [0.15, 0.2) is 0 Å². The van der Waals surface area contributed by atoms with Gasteiger partial charge in [0.05, 0.1) is 11.5 Å². The van der Waals surface area contributed by atoms with E-state index in [1.54, 1.807) is 42.6 Å². The van der Waals surface area contributed by atoms with E-state index in [0.717, 1.165) is 23.1 Å². The van der Waals surface area contributed by atoms with Crippen LogP contribution in [0, 0.1) is 10.1 Å². The molecule has 150 valence electrons. The van der Waals surface area contributed by atoms with Gasteiger partial charge >= 0.3 is 5.69 Å². The largest absolute Gasteiger partial charge is 0.494 e. The summed E-state index contributed by atoms with van der Waals surface area (Å²) >= 11 is 3.30. The van der Waals surface area contributed by atoms with Crippen LogP contribution in [0.15, 0.2) is 53.4 Å². The summed E-state index contributed by atoms with van der Waals surface area (Å²) in [6.45, 7) is 2.75. The highest BCUT2D eigenvalue weighted by Crippen LogP contribution is 2.33. The number of anilines is 4. The minimum absolute atomic E-state index is 0.0434. The fourth-order valence-electron chi connectivity index (χ4n) is 2.41. The number of ether oxygens (including phenoxy) is 1. The summed E-state index contributed by atoms with van der Waals surface area (Å²) in [5.74, 6) is 1.28. The van der Waals surface area contributed by atoms with Gasteiger partial charge < -0.3 is 15.4 Å². The van der Waals surface area contributed by atoms with Crippen LogP contribution in [0.4, 0.5) is 28.8 Å². The monoisotopic (exact) mass is 458 g/mol. The quantitative estimate of drug-likeness (QED) is 0.255. The molecule has 0 aliphatic carbocycles. The predicted octanol–water partition coefficient (Wildman–Crippen LogP) is 5.21. The van der Waals surface area contributed by atoms with Crippen molar-refractivity contribution in [1.82, 2.24) is 15.0 Å². The Kier molecular flexibility index (Phi) is 6.90. The van der Waals surface area contributed by atoms with Crippen LogP contribution < -0.4 is 15.4 Å². The normalized spacial score (nSPS) is 10.4. The number of hydrogen-bond donors (Lipinski definition) is 2. The number of halogens is 1. The fourth-order valence-corrected chi connectivity index (χ4v) is 2.65. The molecular weight excluding hydrogens is 440 g/mol. The molecule has 0 saturated heterocycles. The zero-order valence-electron chi connectivity index (χ0n) is 15.6. The van der Waals surface area contributed by atoms with Crippen molar-refractivity contribution in [3.63, 3.8) is 0 Å². The Bertz CT molecular complexity index is 967. The minimum atomic E-state index is -0.536. The standard InChI is InChI=1S/C19H19BrN6O3/c1-2-3-10-29-15-7-5-14(6-8-15)24-18-17(26(27)28)19(23-12-22-18)25-16-9-4-13(20)11-21-16/h4-9,11-12H,2-3,10H2,1H3,(H2,21,22,23,24,25). The van der Waals surface area contributed by atoms with Crippen molar-refractivity contribution < 1.29 is 9.66 Å². The number of rotatable bonds is 9. The second-order valence-corrected chi connectivity index (χ2v) is 6.93. The Balaban J connectivity index is 1.80. The van der Waals surface area contributed by atoms with Crippen molar-refractivity contribution in [2.75, 3.05) is 17.2 Å². The van der Waals surface area contributed by atoms with E-state index in [2.05, 4.69) is 48.4 Å². The number of nitrogens with zero attached hydrogens (tertiary/aromatic N) is 4. The number of benzene rings is 1. The van der Waals surface area contributed by atoms with Gasteiger partial charge in [-0.25, -0.2) is 15.0 Å². The molecule has 3 rings (SSSR count). The molecule has 1 aromatic carbocycles. The summed E-state index contributed by atoms with van der Waals surface area (Å²) in [5.41, 5.74) is 0.364. The molecule has 0 atom stereocenters. The van der Waals surface area contributed by atoms with Crippen LogP contribution in [0.2, 0.25) is 0 Å². The molecule has 10 heteroatoms. The van der Waals surface area contributed by atoms with Gasteiger partial charge in [-0.15, -0.1) is 0 Å². The summed E-state index contributed by atoms with van der Waals surface area (Å²) in [6, 6.07) is 10.6. The smallest absolute Gasteiger partial charge is 0.353 e. The zero-order valence-corrected chi connectivity index (χ0v) is 17.2. The molecule has 0 fully saturated rings. The van der Waals surface area contributed by atoms with Gasteiger partial charge in [0.25, 0.3) is 0 Å². The molecule has 2 aromatic heterocycles. The molecular formula is C19H19BrN6O3. The van der Waals surface area contributed by atoms with Crippen molar-refractivity contribution in [2.45, 2.75) is 19.8 Å². The molecule has 0 spiro atoms. The second-order valence-electron chi connectivity index (χ2n) is 6.01. The maximum absolute atomic E-state index is 11.7. The Hall–Kier alpha value is -3.27. The number of aromatic nitrogens is 3. The molecule has 3 aromatic rings. The highest BCUT2D eigenvalue weighted by Gasteiger charge is 2.23. The molecule has 9 nitrogen and oxygen atoms in total. The highest BCUT2D eigenvalue weighted by atomic mass is 79.9. The first kappa shape index (κ1) is 20.5. The SMILES string of the molecule is CCCCOc1ccc(Nc2ncnc(Nc3ccc(Br)cn3)c2[N+](=O)[O-])cc1. The predicted molar refractivity (Wildman–Crippen MR) is 114 cm³/mol. The molecule has 0 saturated carbocycles. The number of nitro groups is 1. The Morgan fingerprint density at radius 1 is 1.07 bits per heavy atom. The average Bonchev–Trinajstić information content (AvgIpc) is 2.71. The van der Waals surface area contributed by atoms with E-state index in [9.17, 15) is 10.1 Å². The van der Waals surface area contributed by atoms with Crippen LogP contribution >= 0.6 is 15.9 Å². The minimum Gasteiger partial charge on any atom is -0.494 e. The van der Waals surface area contributed by atoms with E-state index < -0.39 is 4.92 Å². The van der Waals surface area contributed by atoms with Crippen LogP contribution in [0.3, 0.4) is 0 Å². The average molecular weight is 459 g/mol. The first-order valence-electron chi connectivity index (χ1n) is 8.94. The molecule has 0 bridgehead atoms. The Morgan fingerprint density at radius 3 is 2.41 bits per heavy atom. The van der Waals surface area contributed by atoms with E-state index in [1.807, 2.05) is 0 Å². The summed E-state index contributed by atoms with van der Waals surface area (Å²) in [5, 5.41) is 17.5. The first-order chi connectivity index (χ1) is 14.1. The number of nitrogens with one attached hydrogen (secondary N) is 2. The molecule has 0 amide bonds. The highest BCUT2D eigenvalue weighted by molar-refractivity contribution is 9.10. The van der Waals surface area contributed by atoms with Gasteiger partial charge in [0.2, 0.25) is 11.6 Å². The van der Waals surface area contributed by atoms with Gasteiger partial charge in [0.1, 0.15) is 17.9 Å². The van der Waals surface area contributed by atoms with Gasteiger partial charge in [-0.05, 0) is 58.7 Å². The van der Waals surface area contributed by atoms with Crippen molar-refractivity contribution >= 4 is 44.8 Å². The molecule has 0 aliphatic rings. The molecule has 29 heavy (non-hydrogen) atoms. The molecule has 0 unspecified atom stereocenters. The number of pyridine rings is 1. The van der Waals surface area contributed by atoms with Gasteiger partial charge in [-0.3, -0.25) is 10.1 Å². The van der Waals surface area contributed by atoms with E-state index in [0.29, 0.717) is 18.1 Å². The Morgan fingerprint density at radius 2 is 1.79 bits per heavy atom. The van der Waals surface area contributed by atoms with Gasteiger partial charge in [-0.2, -0.15) is 0 Å². The molecule has 2 heterocycles. The van der Waals surface area contributed by atoms with E-state index in [-0.39, 0.29) is 17.3 Å². The van der Waals surface area contributed by atoms with Crippen LogP contribution in [0.5, 0.6) is 5.75 Å². The third-order valence-corrected chi connectivity index (χ3v) is 4.33. The van der Waals surface area contributed by atoms with E-state index in [1.165, 1.54) is 6.33 Å². The summed E-state index contributed by atoms with van der Waals surface area (Å²) in [6.07, 6.45) is 4.87. The van der Waals surface area contributed by atoms with Gasteiger partial charge in [0, 0.05) is 16.4 Å². The van der Waals surface area contributed by atoms with Crippen molar-refractivity contribution in [2.24, 2.45) is 0 Å². The Labute approximate surface area is 175 Å². The van der Waals surface area contributed by atoms with Crippen molar-refractivity contribution in [3.05, 3.63) is 63.5 Å². The van der Waals surface area contributed by atoms with Crippen LogP contribution in [0.1, 0.15) is 19.8 Å². The van der Waals surface area contributed by atoms with E-state index in [4.69, 9.17) is 4.74 Å². The van der Waals surface area contributed by atoms with Crippen LogP contribution in [-0.2, 0) is 0 Å². The lowest BCUT2D eigenvalue weighted by Crippen LogP contribution is -2.06. The van der Waals surface area contributed by atoms with Gasteiger partial charge in [-0.1, -0.05) is 13.3 Å². The second kappa shape index (κ2) is 9.78. The fraction of sp³-hybridized carbons (Fsp3) is 0.211. The molecule has 2 N–H and O–H groups in total. The van der Waals surface area contributed by atoms with Crippen LogP contribution in [-0.4, -0.2) is 26.5 Å². The lowest BCUT2D eigenvalue weighted by molar-refractivity contribution is -0.383. The number of unbranched alkanes of at least 4 members (excludes halogenated alkanes) is 1. The maximum atomic E-state index is 11.7. The zero-order chi connectivity index (χ0) is 20.6. The molecule has 0 radical (unpaired) electrons.